The van der Waals surface area contributed by atoms with Crippen LogP contribution in [0.25, 0.3) is 0 Å². The van der Waals surface area contributed by atoms with Crippen LogP contribution in [0.15, 0.2) is 0 Å². The molecule has 0 aromatic rings. The summed E-state index contributed by atoms with van der Waals surface area (Å²) >= 11 is 0. The highest BCUT2D eigenvalue weighted by Crippen LogP contribution is 2.15. The molecule has 0 aromatic carbocycles. The van der Waals surface area contributed by atoms with E-state index in [-0.39, 0.29) is 0 Å². The van der Waals surface area contributed by atoms with Gasteiger partial charge in [0.1, 0.15) is 0 Å². The maximum atomic E-state index is 8.39. The maximum absolute atomic E-state index is 8.39. The fraction of sp³-hybridized carbons (Fsp3) is 1.00. The lowest BCUT2D eigenvalue weighted by molar-refractivity contribution is -0.0376. The minimum absolute atomic E-state index is 0.330. The van der Waals surface area contributed by atoms with Crippen LogP contribution in [0.2, 0.25) is 0 Å². The zero-order chi connectivity index (χ0) is 5.82. The highest BCUT2D eigenvalue weighted by molar-refractivity contribution is 4.64. The van der Waals surface area contributed by atoms with Crippen LogP contribution < -0.4 is 0 Å². The van der Waals surface area contributed by atoms with Crippen LogP contribution in [-0.4, -0.2) is 24.9 Å². The minimum atomic E-state index is 0.330. The molecule has 1 fully saturated rings. The Morgan fingerprint density at radius 3 is 2.62 bits per heavy atom. The van der Waals surface area contributed by atoms with E-state index >= 15 is 0 Å². The lowest BCUT2D eigenvalue weighted by atomic mass is 10.0. The van der Waals surface area contributed by atoms with E-state index in [1.165, 1.54) is 0 Å². The van der Waals surface area contributed by atoms with Crippen molar-refractivity contribution in [3.05, 3.63) is 0 Å². The quantitative estimate of drug-likeness (QED) is 0.578. The maximum Gasteiger partial charge on any atom is 0.0516 e. The van der Waals surface area contributed by atoms with Gasteiger partial charge in [-0.2, -0.15) is 0 Å². The zero-order valence-electron chi connectivity index (χ0n) is 4.97. The van der Waals surface area contributed by atoms with Gasteiger partial charge in [-0.15, -0.1) is 0 Å². The molecule has 1 N–H and O–H groups in total. The van der Waals surface area contributed by atoms with Crippen molar-refractivity contribution in [1.29, 1.82) is 0 Å². The van der Waals surface area contributed by atoms with Gasteiger partial charge in [0.25, 0.3) is 0 Å². The third-order valence-corrected chi connectivity index (χ3v) is 1.48. The van der Waals surface area contributed by atoms with E-state index in [2.05, 4.69) is 0 Å². The highest BCUT2D eigenvalue weighted by Gasteiger charge is 2.16. The normalized spacial score (nSPS) is 20.6. The molecule has 1 rings (SSSR count). The highest BCUT2D eigenvalue weighted by atomic mass is 16.5. The molecule has 0 bridgehead atoms. The van der Waals surface area contributed by atoms with Crippen molar-refractivity contribution in [3.8, 4) is 0 Å². The standard InChI is InChI=1S/C6H12O2/c7-3-1-2-6-4-8-5-6/h6-7H,1-5H2. The van der Waals surface area contributed by atoms with Crippen LogP contribution in [-0.2, 0) is 4.74 Å². The molecule has 0 spiro atoms. The van der Waals surface area contributed by atoms with Gasteiger partial charge in [0.05, 0.1) is 13.2 Å². The Kier molecular flexibility index (Phi) is 2.30. The van der Waals surface area contributed by atoms with E-state index in [4.69, 9.17) is 9.84 Å². The second-order valence-electron chi connectivity index (χ2n) is 2.27. The van der Waals surface area contributed by atoms with Gasteiger partial charge in [-0.05, 0) is 12.8 Å². The molecule has 1 aliphatic rings. The van der Waals surface area contributed by atoms with Gasteiger partial charge in [-0.3, -0.25) is 0 Å². The lowest BCUT2D eigenvalue weighted by Gasteiger charge is -2.25. The SMILES string of the molecule is OCCCC1COC1. The molecule has 1 aliphatic heterocycles. The summed E-state index contributed by atoms with van der Waals surface area (Å²) in [6.07, 6.45) is 2.07. The summed E-state index contributed by atoms with van der Waals surface area (Å²) in [7, 11) is 0. The van der Waals surface area contributed by atoms with Crippen molar-refractivity contribution in [2.75, 3.05) is 19.8 Å². The topological polar surface area (TPSA) is 29.5 Å². The fourth-order valence-electron chi connectivity index (χ4n) is 0.831. The molecule has 48 valence electrons. The van der Waals surface area contributed by atoms with E-state index in [0.29, 0.717) is 6.61 Å². The van der Waals surface area contributed by atoms with Gasteiger partial charge in [0.15, 0.2) is 0 Å². The first kappa shape index (κ1) is 6.05. The van der Waals surface area contributed by atoms with E-state index in [9.17, 15) is 0 Å². The smallest absolute Gasteiger partial charge is 0.0516 e. The molecule has 0 radical (unpaired) electrons. The van der Waals surface area contributed by atoms with Crippen molar-refractivity contribution < 1.29 is 9.84 Å². The molecule has 0 saturated carbocycles. The second kappa shape index (κ2) is 3.05. The third kappa shape index (κ3) is 1.46. The summed E-state index contributed by atoms with van der Waals surface area (Å²) in [5.41, 5.74) is 0. The molecule has 0 atom stereocenters. The predicted octanol–water partition coefficient (Wildman–Crippen LogP) is 0.405. The molecular formula is C6H12O2. The average Bonchev–Trinajstić information content (AvgIpc) is 1.63. The molecule has 1 heterocycles. The summed E-state index contributed by atoms with van der Waals surface area (Å²) < 4.78 is 4.95. The van der Waals surface area contributed by atoms with Crippen molar-refractivity contribution in [3.63, 3.8) is 0 Å². The summed E-state index contributed by atoms with van der Waals surface area (Å²) in [6.45, 7) is 2.16. The minimum Gasteiger partial charge on any atom is -0.396 e. The largest absolute Gasteiger partial charge is 0.396 e. The van der Waals surface area contributed by atoms with Gasteiger partial charge in [-0.1, -0.05) is 0 Å². The van der Waals surface area contributed by atoms with Gasteiger partial charge >= 0.3 is 0 Å². The van der Waals surface area contributed by atoms with Crippen LogP contribution in [0.1, 0.15) is 12.8 Å². The molecule has 2 nitrogen and oxygen atoms in total. The van der Waals surface area contributed by atoms with Crippen LogP contribution >= 0.6 is 0 Å². The Balaban J connectivity index is 1.86. The monoisotopic (exact) mass is 116 g/mol. The molecular weight excluding hydrogens is 104 g/mol. The van der Waals surface area contributed by atoms with Crippen LogP contribution in [0.5, 0.6) is 0 Å². The average molecular weight is 116 g/mol. The zero-order valence-corrected chi connectivity index (χ0v) is 4.97. The summed E-state index contributed by atoms with van der Waals surface area (Å²) in [4.78, 5) is 0. The van der Waals surface area contributed by atoms with Gasteiger partial charge in [-0.25, -0.2) is 0 Å². The van der Waals surface area contributed by atoms with Crippen LogP contribution in [0.3, 0.4) is 0 Å². The number of aliphatic hydroxyl groups excluding tert-OH is 1. The first-order valence-corrected chi connectivity index (χ1v) is 3.12. The Bertz CT molecular complexity index is 59.5. The first-order valence-electron chi connectivity index (χ1n) is 3.12. The van der Waals surface area contributed by atoms with Crippen LogP contribution in [0, 0.1) is 5.92 Å². The molecule has 0 unspecified atom stereocenters. The summed E-state index contributed by atoms with van der Waals surface area (Å²) in [5, 5.41) is 8.39. The molecule has 1 saturated heterocycles. The Morgan fingerprint density at radius 2 is 2.25 bits per heavy atom. The van der Waals surface area contributed by atoms with Gasteiger partial charge < -0.3 is 9.84 Å². The van der Waals surface area contributed by atoms with Crippen molar-refractivity contribution in [2.24, 2.45) is 5.92 Å². The summed E-state index contributed by atoms with van der Waals surface area (Å²) in [5.74, 6) is 0.752. The van der Waals surface area contributed by atoms with Gasteiger partial charge in [0, 0.05) is 12.5 Å². The number of hydrogen-bond acceptors (Lipinski definition) is 2. The molecule has 0 aliphatic carbocycles. The Labute approximate surface area is 49.5 Å². The van der Waals surface area contributed by atoms with Crippen molar-refractivity contribution >= 4 is 0 Å². The van der Waals surface area contributed by atoms with Crippen LogP contribution in [0.4, 0.5) is 0 Å². The molecule has 8 heavy (non-hydrogen) atoms. The Hall–Kier alpha value is -0.0800. The van der Waals surface area contributed by atoms with E-state index in [1.807, 2.05) is 0 Å². The number of aliphatic hydroxyl groups is 1. The van der Waals surface area contributed by atoms with Crippen molar-refractivity contribution in [1.82, 2.24) is 0 Å². The Morgan fingerprint density at radius 1 is 1.50 bits per heavy atom. The molecule has 2 heteroatoms. The molecule has 0 amide bonds. The molecule has 0 aromatic heterocycles. The van der Waals surface area contributed by atoms with Crippen molar-refractivity contribution in [2.45, 2.75) is 12.8 Å². The second-order valence-corrected chi connectivity index (χ2v) is 2.27. The van der Waals surface area contributed by atoms with E-state index in [1.54, 1.807) is 0 Å². The lowest BCUT2D eigenvalue weighted by Crippen LogP contribution is -2.27. The van der Waals surface area contributed by atoms with E-state index in [0.717, 1.165) is 32.0 Å². The predicted molar refractivity (Wildman–Crippen MR) is 30.6 cm³/mol. The van der Waals surface area contributed by atoms with E-state index < -0.39 is 0 Å². The number of hydrogen-bond donors (Lipinski definition) is 1. The first-order chi connectivity index (χ1) is 3.93. The third-order valence-electron chi connectivity index (χ3n) is 1.48. The number of ether oxygens (including phenoxy) is 1. The fourth-order valence-corrected chi connectivity index (χ4v) is 0.831. The van der Waals surface area contributed by atoms with Gasteiger partial charge in [0.2, 0.25) is 0 Å². The summed E-state index contributed by atoms with van der Waals surface area (Å²) in [6, 6.07) is 0. The number of rotatable bonds is 3.